The van der Waals surface area contributed by atoms with E-state index in [2.05, 4.69) is 241 Å². The summed E-state index contributed by atoms with van der Waals surface area (Å²) in [4.78, 5) is 2.37. The van der Waals surface area contributed by atoms with E-state index in [0.717, 1.165) is 61.3 Å². The average Bonchev–Trinajstić information content (AvgIpc) is 3.96. The third kappa shape index (κ3) is 5.29. The molecule has 1 spiro atoms. The van der Waals surface area contributed by atoms with Crippen LogP contribution in [0.4, 0.5) is 17.1 Å². The van der Waals surface area contributed by atoms with Gasteiger partial charge in [-0.05, 0) is 126 Å². The molecule has 1 aromatic heterocycles. The quantitative estimate of drug-likeness (QED) is 0.165. The van der Waals surface area contributed by atoms with Gasteiger partial charge in [-0.3, -0.25) is 0 Å². The molecular weight excluding hydrogens is 875 g/mol. The summed E-state index contributed by atoms with van der Waals surface area (Å²) in [7, 11) is 0. The van der Waals surface area contributed by atoms with Crippen molar-refractivity contribution in [1.29, 1.82) is 0 Å². The number of benzene rings is 13. The Hall–Kier alpha value is -9.44. The molecule has 16 rings (SSSR count). The highest BCUT2D eigenvalue weighted by atomic mass is 16.5. The molecule has 3 heteroatoms. The predicted molar refractivity (Wildman–Crippen MR) is 299 cm³/mol. The molecule has 0 radical (unpaired) electrons. The van der Waals surface area contributed by atoms with E-state index >= 15 is 0 Å². The number of nitrogens with zero attached hydrogens (tertiary/aromatic N) is 1. The Labute approximate surface area is 415 Å². The van der Waals surface area contributed by atoms with Crippen molar-refractivity contribution in [2.75, 3.05) is 4.90 Å². The third-order valence-electron chi connectivity index (χ3n) is 15.8. The highest BCUT2D eigenvalue weighted by Gasteiger charge is 2.53. The second-order valence-corrected chi connectivity index (χ2v) is 19.4. The molecule has 2 heterocycles. The van der Waals surface area contributed by atoms with Crippen molar-refractivity contribution in [3.8, 4) is 33.8 Å². The van der Waals surface area contributed by atoms with E-state index in [9.17, 15) is 0 Å². The molecule has 13 aromatic carbocycles. The van der Waals surface area contributed by atoms with Gasteiger partial charge in [0.05, 0.1) is 11.1 Å². The Bertz CT molecular complexity index is 4500. The summed E-state index contributed by atoms with van der Waals surface area (Å²) in [5, 5.41) is 14.0. The zero-order valence-corrected chi connectivity index (χ0v) is 38.9. The fourth-order valence-electron chi connectivity index (χ4n) is 12.9. The number of hydrogen-bond acceptors (Lipinski definition) is 3. The maximum atomic E-state index is 7.58. The summed E-state index contributed by atoms with van der Waals surface area (Å²) in [6, 6.07) is 91.1. The zero-order valence-electron chi connectivity index (χ0n) is 38.9. The maximum absolute atomic E-state index is 7.58. The summed E-state index contributed by atoms with van der Waals surface area (Å²) in [5.41, 5.74) is 14.1. The second kappa shape index (κ2) is 14.8. The molecule has 0 amide bonds. The molecule has 72 heavy (non-hydrogen) atoms. The number of anilines is 3. The van der Waals surface area contributed by atoms with Crippen LogP contribution in [-0.4, -0.2) is 0 Å². The lowest BCUT2D eigenvalue weighted by molar-refractivity contribution is 0.451. The van der Waals surface area contributed by atoms with Crippen molar-refractivity contribution in [2.45, 2.75) is 5.41 Å². The van der Waals surface area contributed by atoms with Gasteiger partial charge in [0, 0.05) is 49.4 Å². The van der Waals surface area contributed by atoms with Crippen LogP contribution in [0.1, 0.15) is 22.3 Å². The Morgan fingerprint density at radius 3 is 1.56 bits per heavy atom. The molecule has 0 N–H and O–H groups in total. The van der Waals surface area contributed by atoms with E-state index in [4.69, 9.17) is 9.15 Å². The minimum Gasteiger partial charge on any atom is -0.456 e. The van der Waals surface area contributed by atoms with Gasteiger partial charge in [0.1, 0.15) is 22.7 Å². The zero-order chi connectivity index (χ0) is 47.1. The van der Waals surface area contributed by atoms with E-state index in [1.165, 1.54) is 87.6 Å². The molecule has 2 aliphatic rings. The van der Waals surface area contributed by atoms with Crippen LogP contribution in [0.5, 0.6) is 11.5 Å². The van der Waals surface area contributed by atoms with Crippen molar-refractivity contribution >= 4 is 92.9 Å². The molecule has 1 aliphatic heterocycles. The first-order valence-electron chi connectivity index (χ1n) is 24.8. The highest BCUT2D eigenvalue weighted by molar-refractivity contribution is 6.19. The molecular formula is C69H41NO2. The second-order valence-electron chi connectivity index (χ2n) is 19.4. The summed E-state index contributed by atoms with van der Waals surface area (Å²) in [6.07, 6.45) is 0. The van der Waals surface area contributed by atoms with E-state index in [1.807, 2.05) is 12.1 Å². The van der Waals surface area contributed by atoms with Crippen LogP contribution in [0, 0.1) is 0 Å². The number of rotatable bonds is 4. The lowest BCUT2D eigenvalue weighted by Gasteiger charge is -2.42. The number of hydrogen-bond donors (Lipinski definition) is 0. The molecule has 0 atom stereocenters. The molecule has 0 saturated carbocycles. The largest absolute Gasteiger partial charge is 0.456 e. The first-order valence-corrected chi connectivity index (χ1v) is 24.8. The standard InChI is InChI=1S/C69H41NO2/c1-2-18-45(19-3-1)70(46-35-38-64-59(41-46)53-25-13-15-32-63(53)71-64)62-31-16-17-44-39-42(33-36-47(44)62)43-34-37-61-58(40-43)52-24-12-14-30-60(52)69(61)65-54-26-8-4-20-48(54)50-22-6-10-28-56(50)67(65)72-68-57-29-11-7-23-51(57)49-21-5-9-27-55(49)66(68)69/h1-41H. The van der Waals surface area contributed by atoms with E-state index in [1.54, 1.807) is 0 Å². The van der Waals surface area contributed by atoms with Crippen molar-refractivity contribution in [2.24, 2.45) is 0 Å². The Morgan fingerprint density at radius 2 is 0.847 bits per heavy atom. The van der Waals surface area contributed by atoms with Crippen LogP contribution >= 0.6 is 0 Å². The average molecular weight is 916 g/mol. The first kappa shape index (κ1) is 39.4. The van der Waals surface area contributed by atoms with E-state index in [0.29, 0.717) is 0 Å². The summed E-state index contributed by atoms with van der Waals surface area (Å²) in [6.45, 7) is 0. The van der Waals surface area contributed by atoms with Gasteiger partial charge < -0.3 is 14.1 Å². The van der Waals surface area contributed by atoms with Crippen LogP contribution in [-0.2, 0) is 5.41 Å². The van der Waals surface area contributed by atoms with Gasteiger partial charge in [-0.25, -0.2) is 0 Å². The van der Waals surface area contributed by atoms with E-state index in [-0.39, 0.29) is 0 Å². The molecule has 0 saturated heterocycles. The maximum Gasteiger partial charge on any atom is 0.140 e. The highest BCUT2D eigenvalue weighted by Crippen LogP contribution is 2.67. The number of furan rings is 1. The minimum absolute atomic E-state index is 0.717. The molecule has 0 fully saturated rings. The van der Waals surface area contributed by atoms with E-state index < -0.39 is 5.41 Å². The summed E-state index contributed by atoms with van der Waals surface area (Å²) < 4.78 is 13.9. The molecule has 334 valence electrons. The Morgan fingerprint density at radius 1 is 0.306 bits per heavy atom. The molecule has 14 aromatic rings. The van der Waals surface area contributed by atoms with Crippen molar-refractivity contribution in [3.63, 3.8) is 0 Å². The van der Waals surface area contributed by atoms with Gasteiger partial charge in [0.25, 0.3) is 0 Å². The van der Waals surface area contributed by atoms with Gasteiger partial charge in [-0.15, -0.1) is 0 Å². The lowest BCUT2D eigenvalue weighted by Crippen LogP contribution is -2.33. The van der Waals surface area contributed by atoms with Crippen molar-refractivity contribution < 1.29 is 9.15 Å². The predicted octanol–water partition coefficient (Wildman–Crippen LogP) is 19.0. The lowest BCUT2D eigenvalue weighted by atomic mass is 9.63. The smallest absolute Gasteiger partial charge is 0.140 e. The number of fused-ring (bicyclic) bond motifs is 23. The molecule has 3 nitrogen and oxygen atoms in total. The normalized spacial score (nSPS) is 13.2. The van der Waals surface area contributed by atoms with Crippen LogP contribution in [0.2, 0.25) is 0 Å². The van der Waals surface area contributed by atoms with Gasteiger partial charge >= 0.3 is 0 Å². The van der Waals surface area contributed by atoms with Gasteiger partial charge in [0.15, 0.2) is 0 Å². The van der Waals surface area contributed by atoms with Gasteiger partial charge in [-0.1, -0.05) is 194 Å². The van der Waals surface area contributed by atoms with Gasteiger partial charge in [-0.2, -0.15) is 0 Å². The monoisotopic (exact) mass is 915 g/mol. The first-order chi connectivity index (χ1) is 35.7. The van der Waals surface area contributed by atoms with Crippen LogP contribution in [0.25, 0.3) is 98.1 Å². The molecule has 0 unspecified atom stereocenters. The van der Waals surface area contributed by atoms with Crippen LogP contribution < -0.4 is 9.64 Å². The number of para-hydroxylation sites is 2. The Balaban J connectivity index is 0.930. The summed E-state index contributed by atoms with van der Waals surface area (Å²) >= 11 is 0. The topological polar surface area (TPSA) is 25.6 Å². The third-order valence-corrected chi connectivity index (χ3v) is 15.8. The SMILES string of the molecule is c1ccc(N(c2ccc3oc4ccccc4c3c2)c2cccc3cc(-c4ccc5c(c4)-c4ccccc4C54c5c(c6ccccc6c6ccccc56)Oc5c4c4ccccc4c4ccccc54)ccc23)cc1. The van der Waals surface area contributed by atoms with Gasteiger partial charge in [0.2, 0.25) is 0 Å². The van der Waals surface area contributed by atoms with Crippen molar-refractivity contribution in [1.82, 2.24) is 0 Å². The van der Waals surface area contributed by atoms with Crippen LogP contribution in [0.15, 0.2) is 253 Å². The van der Waals surface area contributed by atoms with Crippen molar-refractivity contribution in [3.05, 3.63) is 271 Å². The minimum atomic E-state index is -0.717. The van der Waals surface area contributed by atoms with Crippen LogP contribution in [0.3, 0.4) is 0 Å². The Kier molecular flexibility index (Phi) is 8.09. The number of ether oxygens (including phenoxy) is 1. The summed E-state index contributed by atoms with van der Waals surface area (Å²) in [5.74, 6) is 1.86. The fraction of sp³-hybridized carbons (Fsp3) is 0.0145. The molecule has 0 bridgehead atoms. The molecule has 1 aliphatic carbocycles. The fourth-order valence-corrected chi connectivity index (χ4v) is 12.9.